The highest BCUT2D eigenvalue weighted by Gasteiger charge is 2.26. The van der Waals surface area contributed by atoms with Crippen LogP contribution in [-0.4, -0.2) is 29.0 Å². The first-order valence-electron chi connectivity index (χ1n) is 9.59. The largest absolute Gasteiger partial charge is 0.368 e. The monoisotopic (exact) mass is 391 g/mol. The van der Waals surface area contributed by atoms with Gasteiger partial charge in [0.05, 0.1) is 5.92 Å². The zero-order chi connectivity index (χ0) is 20.2. The summed E-state index contributed by atoms with van der Waals surface area (Å²) in [5, 5.41) is 2.99. The average Bonchev–Trinajstić information content (AvgIpc) is 2.74. The van der Waals surface area contributed by atoms with Crippen LogP contribution in [0, 0.1) is 11.7 Å². The Bertz CT molecular complexity index is 1010. The number of halogens is 1. The summed E-state index contributed by atoms with van der Waals surface area (Å²) in [6.07, 6.45) is 3.35. The molecule has 0 aliphatic carbocycles. The lowest BCUT2D eigenvalue weighted by atomic mass is 9.97. The minimum Gasteiger partial charge on any atom is -0.368 e. The molecule has 1 aliphatic rings. The molecule has 1 saturated heterocycles. The van der Waals surface area contributed by atoms with Gasteiger partial charge in [-0.3, -0.25) is 4.79 Å². The highest BCUT2D eigenvalue weighted by molar-refractivity contribution is 5.93. The molecule has 1 aliphatic heterocycles. The number of aromatic nitrogens is 2. The first kappa shape index (κ1) is 18.9. The number of carbonyl (C=O) groups excluding carboxylic acids is 1. The fraction of sp³-hybridized carbons (Fsp3) is 0.227. The molecule has 1 amide bonds. The number of nitrogens with one attached hydrogen (secondary N) is 1. The number of anilines is 3. The Hall–Kier alpha value is -3.48. The van der Waals surface area contributed by atoms with Crippen molar-refractivity contribution in [3.8, 4) is 11.1 Å². The van der Waals surface area contributed by atoms with Gasteiger partial charge in [0.1, 0.15) is 11.6 Å². The van der Waals surface area contributed by atoms with Crippen molar-refractivity contribution in [1.82, 2.24) is 9.97 Å². The summed E-state index contributed by atoms with van der Waals surface area (Å²) in [4.78, 5) is 23.0. The van der Waals surface area contributed by atoms with Crippen LogP contribution in [0.5, 0.6) is 0 Å². The lowest BCUT2D eigenvalue weighted by Gasteiger charge is -2.32. The van der Waals surface area contributed by atoms with Gasteiger partial charge in [-0.05, 0) is 54.3 Å². The Kier molecular flexibility index (Phi) is 5.37. The molecule has 0 unspecified atom stereocenters. The Morgan fingerprint density at radius 2 is 1.97 bits per heavy atom. The fourth-order valence-electron chi connectivity index (χ4n) is 3.60. The van der Waals surface area contributed by atoms with E-state index in [0.717, 1.165) is 42.0 Å². The van der Waals surface area contributed by atoms with Crippen LogP contribution in [-0.2, 0) is 4.79 Å². The molecule has 6 nitrogen and oxygen atoms in total. The standard InChI is InChI=1S/C22H22FN5O/c23-18-5-1-3-16(13-18)15-6-8-19(9-7-15)26-21(29)17-4-2-12-28(14-17)20-10-11-25-22(24)27-20/h1,3,5-11,13,17H,2,4,12,14H2,(H,26,29)(H2,24,25,27)/t17-/m0/s1. The Balaban J connectivity index is 1.41. The van der Waals surface area contributed by atoms with Crippen molar-refractivity contribution in [1.29, 1.82) is 0 Å². The number of carbonyl (C=O) groups is 1. The molecule has 1 atom stereocenters. The second-order valence-electron chi connectivity index (χ2n) is 7.14. The van der Waals surface area contributed by atoms with Crippen molar-refractivity contribution in [3.63, 3.8) is 0 Å². The normalized spacial score (nSPS) is 16.4. The van der Waals surface area contributed by atoms with Gasteiger partial charge in [-0.25, -0.2) is 9.37 Å². The number of hydrogen-bond donors (Lipinski definition) is 2. The van der Waals surface area contributed by atoms with Gasteiger partial charge < -0.3 is 16.0 Å². The molecule has 3 N–H and O–H groups in total. The minimum atomic E-state index is -0.271. The average molecular weight is 391 g/mol. The van der Waals surface area contributed by atoms with E-state index in [1.54, 1.807) is 12.3 Å². The van der Waals surface area contributed by atoms with Crippen LogP contribution in [0.1, 0.15) is 12.8 Å². The molecular formula is C22H22FN5O. The van der Waals surface area contributed by atoms with E-state index in [2.05, 4.69) is 20.2 Å². The van der Waals surface area contributed by atoms with Crippen LogP contribution >= 0.6 is 0 Å². The van der Waals surface area contributed by atoms with Crippen molar-refractivity contribution in [2.24, 2.45) is 5.92 Å². The molecule has 29 heavy (non-hydrogen) atoms. The Labute approximate surface area is 168 Å². The summed E-state index contributed by atoms with van der Waals surface area (Å²) in [7, 11) is 0. The summed E-state index contributed by atoms with van der Waals surface area (Å²) in [6.45, 7) is 1.42. The van der Waals surface area contributed by atoms with E-state index >= 15 is 0 Å². The maximum Gasteiger partial charge on any atom is 0.229 e. The van der Waals surface area contributed by atoms with Gasteiger partial charge in [0.25, 0.3) is 0 Å². The highest BCUT2D eigenvalue weighted by Crippen LogP contribution is 2.25. The van der Waals surface area contributed by atoms with Crippen LogP contribution in [0.25, 0.3) is 11.1 Å². The summed E-state index contributed by atoms with van der Waals surface area (Å²) in [5.74, 6) is 0.548. The van der Waals surface area contributed by atoms with Gasteiger partial charge >= 0.3 is 0 Å². The molecule has 7 heteroatoms. The molecule has 2 heterocycles. The number of benzene rings is 2. The third-order valence-electron chi connectivity index (χ3n) is 5.09. The van der Waals surface area contributed by atoms with Crippen LogP contribution in [0.4, 0.5) is 21.8 Å². The predicted molar refractivity (Wildman–Crippen MR) is 112 cm³/mol. The molecule has 148 valence electrons. The summed E-state index contributed by atoms with van der Waals surface area (Å²) in [5.41, 5.74) is 8.09. The number of hydrogen-bond acceptors (Lipinski definition) is 5. The third-order valence-corrected chi connectivity index (χ3v) is 5.09. The molecule has 4 rings (SSSR count). The van der Waals surface area contributed by atoms with Crippen molar-refractivity contribution in [2.75, 3.05) is 29.0 Å². The lowest BCUT2D eigenvalue weighted by molar-refractivity contribution is -0.120. The second kappa shape index (κ2) is 8.26. The molecule has 0 saturated carbocycles. The van der Waals surface area contributed by atoms with E-state index in [9.17, 15) is 9.18 Å². The van der Waals surface area contributed by atoms with E-state index < -0.39 is 0 Å². The van der Waals surface area contributed by atoms with Gasteiger partial charge in [-0.15, -0.1) is 0 Å². The zero-order valence-corrected chi connectivity index (χ0v) is 15.9. The van der Waals surface area contributed by atoms with Crippen molar-refractivity contribution >= 4 is 23.4 Å². The maximum atomic E-state index is 13.4. The van der Waals surface area contributed by atoms with Crippen molar-refractivity contribution in [3.05, 3.63) is 66.6 Å². The lowest BCUT2D eigenvalue weighted by Crippen LogP contribution is -2.41. The van der Waals surface area contributed by atoms with Gasteiger partial charge in [-0.1, -0.05) is 24.3 Å². The van der Waals surface area contributed by atoms with Gasteiger partial charge in [0, 0.05) is 25.0 Å². The molecule has 0 bridgehead atoms. The van der Waals surface area contributed by atoms with Gasteiger partial charge in [0.2, 0.25) is 11.9 Å². The Morgan fingerprint density at radius 3 is 2.72 bits per heavy atom. The van der Waals surface area contributed by atoms with Crippen molar-refractivity contribution < 1.29 is 9.18 Å². The van der Waals surface area contributed by atoms with Crippen LogP contribution < -0.4 is 16.0 Å². The number of nitrogens with two attached hydrogens (primary N) is 1. The summed E-state index contributed by atoms with van der Waals surface area (Å²) < 4.78 is 13.4. The van der Waals surface area contributed by atoms with E-state index in [-0.39, 0.29) is 23.6 Å². The minimum absolute atomic E-state index is 0.0183. The van der Waals surface area contributed by atoms with E-state index in [1.807, 2.05) is 36.4 Å². The van der Waals surface area contributed by atoms with Gasteiger partial charge in [0.15, 0.2) is 0 Å². The first-order valence-corrected chi connectivity index (χ1v) is 9.59. The molecule has 2 aromatic carbocycles. The number of amides is 1. The molecule has 3 aromatic rings. The van der Waals surface area contributed by atoms with Crippen LogP contribution in [0.15, 0.2) is 60.8 Å². The number of rotatable bonds is 4. The SMILES string of the molecule is Nc1nccc(N2CCC[C@H](C(=O)Nc3ccc(-c4cccc(F)c4)cc3)C2)n1. The number of nitrogen functional groups attached to an aromatic ring is 1. The van der Waals surface area contributed by atoms with Crippen LogP contribution in [0.3, 0.4) is 0 Å². The predicted octanol–water partition coefficient (Wildman–Crippen LogP) is 3.72. The van der Waals surface area contributed by atoms with E-state index in [4.69, 9.17) is 5.73 Å². The quantitative estimate of drug-likeness (QED) is 0.708. The fourth-order valence-corrected chi connectivity index (χ4v) is 3.60. The smallest absolute Gasteiger partial charge is 0.229 e. The Morgan fingerprint density at radius 1 is 1.14 bits per heavy atom. The second-order valence-corrected chi connectivity index (χ2v) is 7.14. The molecule has 0 radical (unpaired) electrons. The number of nitrogens with zero attached hydrogens (tertiary/aromatic N) is 3. The van der Waals surface area contributed by atoms with Crippen molar-refractivity contribution in [2.45, 2.75) is 12.8 Å². The van der Waals surface area contributed by atoms with E-state index in [1.165, 1.54) is 12.1 Å². The summed E-state index contributed by atoms with van der Waals surface area (Å²) in [6, 6.07) is 15.7. The topological polar surface area (TPSA) is 84.1 Å². The zero-order valence-electron chi connectivity index (χ0n) is 15.9. The molecular weight excluding hydrogens is 369 g/mol. The van der Waals surface area contributed by atoms with Crippen LogP contribution in [0.2, 0.25) is 0 Å². The highest BCUT2D eigenvalue weighted by atomic mass is 19.1. The molecule has 1 aromatic heterocycles. The third kappa shape index (κ3) is 4.51. The maximum absolute atomic E-state index is 13.4. The van der Waals surface area contributed by atoms with E-state index in [0.29, 0.717) is 6.54 Å². The number of piperidine rings is 1. The first-order chi connectivity index (χ1) is 14.1. The molecule has 0 spiro atoms. The summed E-state index contributed by atoms with van der Waals surface area (Å²) >= 11 is 0. The molecule has 1 fully saturated rings. The van der Waals surface area contributed by atoms with Gasteiger partial charge in [-0.2, -0.15) is 4.98 Å².